The van der Waals surface area contributed by atoms with Gasteiger partial charge in [0.05, 0.1) is 12.7 Å². The van der Waals surface area contributed by atoms with E-state index in [1.807, 2.05) is 30.3 Å². The molecular formula is C16H15ClN2O4. The summed E-state index contributed by atoms with van der Waals surface area (Å²) in [5.74, 6) is 0.757. The van der Waals surface area contributed by atoms with Crippen LogP contribution in [0.3, 0.4) is 0 Å². The molecule has 0 saturated carbocycles. The largest absolute Gasteiger partial charge is 0.494 e. The van der Waals surface area contributed by atoms with Crippen LogP contribution >= 0.6 is 12.4 Å². The first-order chi connectivity index (χ1) is 10.7. The number of fused-ring (bicyclic) bond motifs is 1. The van der Waals surface area contributed by atoms with Gasteiger partial charge in [-0.25, -0.2) is 9.78 Å². The number of para-hydroxylation sites is 1. The van der Waals surface area contributed by atoms with E-state index in [9.17, 15) is 9.90 Å². The van der Waals surface area contributed by atoms with Crippen molar-refractivity contribution in [3.63, 3.8) is 0 Å². The van der Waals surface area contributed by atoms with Crippen molar-refractivity contribution in [2.24, 2.45) is 0 Å². The van der Waals surface area contributed by atoms with Crippen molar-refractivity contribution in [1.29, 1.82) is 0 Å². The molecule has 0 bridgehead atoms. The molecule has 2 N–H and O–H groups in total. The fourth-order valence-electron chi connectivity index (χ4n) is 2.20. The van der Waals surface area contributed by atoms with E-state index >= 15 is 0 Å². The molecule has 2 aromatic carbocycles. The van der Waals surface area contributed by atoms with Crippen molar-refractivity contribution in [1.82, 2.24) is 9.97 Å². The number of ether oxygens (including phenoxy) is 2. The molecule has 6 nitrogen and oxygen atoms in total. The average Bonchev–Trinajstić information content (AvgIpc) is 2.96. The number of carboxylic acid groups (broad SMARTS) is 1. The number of carbonyl (C=O) groups is 1. The fraction of sp³-hybridized carbons (Fsp3) is 0.125. The molecule has 0 saturated heterocycles. The van der Waals surface area contributed by atoms with Crippen molar-refractivity contribution in [3.8, 4) is 11.5 Å². The number of hydrogen-bond acceptors (Lipinski definition) is 4. The Morgan fingerprint density at radius 2 is 1.96 bits per heavy atom. The third kappa shape index (κ3) is 3.37. The quantitative estimate of drug-likeness (QED) is 0.748. The van der Waals surface area contributed by atoms with Crippen molar-refractivity contribution in [3.05, 3.63) is 53.9 Å². The lowest BCUT2D eigenvalue weighted by Gasteiger charge is -2.03. The van der Waals surface area contributed by atoms with Gasteiger partial charge in [0.2, 0.25) is 0 Å². The van der Waals surface area contributed by atoms with Crippen molar-refractivity contribution in [2.45, 2.75) is 6.61 Å². The minimum atomic E-state index is -1.03. The average molecular weight is 335 g/mol. The highest BCUT2D eigenvalue weighted by molar-refractivity contribution is 6.02. The topological polar surface area (TPSA) is 84.4 Å². The Hall–Kier alpha value is -2.73. The summed E-state index contributed by atoms with van der Waals surface area (Å²) in [6, 6.07) is 12.4. The predicted molar refractivity (Wildman–Crippen MR) is 87.6 cm³/mol. The maximum Gasteiger partial charge on any atom is 0.337 e. The first-order valence-electron chi connectivity index (χ1n) is 6.66. The highest BCUT2D eigenvalue weighted by atomic mass is 35.5. The molecule has 0 amide bonds. The van der Waals surface area contributed by atoms with Gasteiger partial charge < -0.3 is 19.6 Å². The molecule has 3 aromatic rings. The zero-order valence-corrected chi connectivity index (χ0v) is 13.1. The van der Waals surface area contributed by atoms with Crippen LogP contribution in [0.5, 0.6) is 11.5 Å². The molecule has 3 rings (SSSR count). The lowest BCUT2D eigenvalue weighted by molar-refractivity contribution is 0.0699. The van der Waals surface area contributed by atoms with E-state index in [0.29, 0.717) is 28.4 Å². The number of halogens is 1. The van der Waals surface area contributed by atoms with E-state index in [1.54, 1.807) is 6.07 Å². The summed E-state index contributed by atoms with van der Waals surface area (Å²) < 4.78 is 10.8. The summed E-state index contributed by atoms with van der Waals surface area (Å²) in [5, 5.41) is 9.24. The SMILES string of the molecule is COc1ccc(C(=O)O)c2nc(COc3ccccc3)[nH]c12.Cl. The van der Waals surface area contributed by atoms with Crippen LogP contribution in [0.1, 0.15) is 16.2 Å². The third-order valence-electron chi connectivity index (χ3n) is 3.22. The normalized spacial score (nSPS) is 10.1. The Kier molecular flexibility index (Phi) is 5.08. The van der Waals surface area contributed by atoms with Crippen molar-refractivity contribution < 1.29 is 19.4 Å². The molecule has 23 heavy (non-hydrogen) atoms. The molecule has 0 fully saturated rings. The number of rotatable bonds is 5. The molecular weight excluding hydrogens is 320 g/mol. The van der Waals surface area contributed by atoms with Gasteiger partial charge in [0.25, 0.3) is 0 Å². The van der Waals surface area contributed by atoms with E-state index < -0.39 is 5.97 Å². The number of aromatic nitrogens is 2. The van der Waals surface area contributed by atoms with Crippen LogP contribution in [0, 0.1) is 0 Å². The second kappa shape index (κ2) is 7.02. The zero-order chi connectivity index (χ0) is 15.5. The zero-order valence-electron chi connectivity index (χ0n) is 12.3. The van der Waals surface area contributed by atoms with Gasteiger partial charge in [-0.05, 0) is 24.3 Å². The van der Waals surface area contributed by atoms with E-state index in [1.165, 1.54) is 13.2 Å². The summed E-state index contributed by atoms with van der Waals surface area (Å²) in [6.45, 7) is 0.209. The molecule has 0 atom stereocenters. The molecule has 1 aromatic heterocycles. The van der Waals surface area contributed by atoms with E-state index in [2.05, 4.69) is 9.97 Å². The molecule has 120 valence electrons. The van der Waals surface area contributed by atoms with Gasteiger partial charge in [-0.3, -0.25) is 0 Å². The number of carboxylic acids is 1. The summed E-state index contributed by atoms with van der Waals surface area (Å²) in [6.07, 6.45) is 0. The Labute approximate surface area is 138 Å². The van der Waals surface area contributed by atoms with E-state index in [0.717, 1.165) is 0 Å². The van der Waals surface area contributed by atoms with E-state index in [-0.39, 0.29) is 24.6 Å². The smallest absolute Gasteiger partial charge is 0.337 e. The van der Waals surface area contributed by atoms with Gasteiger partial charge in [-0.2, -0.15) is 0 Å². The molecule has 0 unspecified atom stereocenters. The predicted octanol–water partition coefficient (Wildman–Crippen LogP) is 3.27. The lowest BCUT2D eigenvalue weighted by Crippen LogP contribution is -1.99. The number of hydrogen-bond donors (Lipinski definition) is 2. The number of imidazole rings is 1. The second-order valence-electron chi connectivity index (χ2n) is 4.63. The van der Waals surface area contributed by atoms with Crippen LogP contribution in [0.2, 0.25) is 0 Å². The minimum absolute atomic E-state index is 0. The summed E-state index contributed by atoms with van der Waals surface area (Å²) >= 11 is 0. The lowest BCUT2D eigenvalue weighted by atomic mass is 10.2. The summed E-state index contributed by atoms with van der Waals surface area (Å²) in [4.78, 5) is 18.6. The first kappa shape index (κ1) is 16.6. The molecule has 0 aliphatic carbocycles. The van der Waals surface area contributed by atoms with Gasteiger partial charge in [0.1, 0.15) is 35.0 Å². The van der Waals surface area contributed by atoms with E-state index in [4.69, 9.17) is 9.47 Å². The molecule has 1 heterocycles. The maximum absolute atomic E-state index is 11.3. The van der Waals surface area contributed by atoms with Crippen molar-refractivity contribution >= 4 is 29.4 Å². The number of H-pyrrole nitrogens is 1. The Morgan fingerprint density at radius 3 is 2.61 bits per heavy atom. The number of nitrogens with one attached hydrogen (secondary N) is 1. The van der Waals surface area contributed by atoms with Gasteiger partial charge in [0.15, 0.2) is 0 Å². The fourth-order valence-corrected chi connectivity index (χ4v) is 2.20. The third-order valence-corrected chi connectivity index (χ3v) is 3.22. The van der Waals surface area contributed by atoms with Crippen LogP contribution in [0.15, 0.2) is 42.5 Å². The van der Waals surface area contributed by atoms with Gasteiger partial charge in [-0.1, -0.05) is 18.2 Å². The van der Waals surface area contributed by atoms with Crippen LogP contribution in [0.25, 0.3) is 11.0 Å². The van der Waals surface area contributed by atoms with Gasteiger partial charge in [-0.15, -0.1) is 12.4 Å². The van der Waals surface area contributed by atoms with Crippen LogP contribution in [-0.4, -0.2) is 28.2 Å². The molecule has 7 heteroatoms. The molecule has 0 radical (unpaired) electrons. The highest BCUT2D eigenvalue weighted by Crippen LogP contribution is 2.27. The van der Waals surface area contributed by atoms with Gasteiger partial charge >= 0.3 is 5.97 Å². The monoisotopic (exact) mass is 334 g/mol. The van der Waals surface area contributed by atoms with Crippen LogP contribution < -0.4 is 9.47 Å². The summed E-state index contributed by atoms with van der Waals surface area (Å²) in [7, 11) is 1.52. The van der Waals surface area contributed by atoms with Crippen molar-refractivity contribution in [2.75, 3.05) is 7.11 Å². The summed E-state index contributed by atoms with van der Waals surface area (Å²) in [5.41, 5.74) is 1.03. The highest BCUT2D eigenvalue weighted by Gasteiger charge is 2.16. The number of methoxy groups -OCH3 is 1. The minimum Gasteiger partial charge on any atom is -0.494 e. The molecule has 0 spiro atoms. The Morgan fingerprint density at radius 1 is 1.22 bits per heavy atom. The Bertz CT molecular complexity index is 818. The van der Waals surface area contributed by atoms with Gasteiger partial charge in [0, 0.05) is 0 Å². The van der Waals surface area contributed by atoms with Crippen LogP contribution in [0.4, 0.5) is 0 Å². The van der Waals surface area contributed by atoms with Crippen LogP contribution in [-0.2, 0) is 6.61 Å². The number of benzene rings is 2. The second-order valence-corrected chi connectivity index (χ2v) is 4.63. The molecule has 0 aliphatic heterocycles. The Balaban J connectivity index is 0.00000192. The number of aromatic amines is 1. The number of aromatic carboxylic acids is 1. The standard InChI is InChI=1S/C16H14N2O4.ClH/c1-21-12-8-7-11(16(19)20)14-15(12)18-13(17-14)9-22-10-5-3-2-4-6-10;/h2-8H,9H2,1H3,(H,17,18)(H,19,20);1H. The first-order valence-corrected chi connectivity index (χ1v) is 6.66. The maximum atomic E-state index is 11.3. The molecule has 0 aliphatic rings. The number of nitrogens with zero attached hydrogens (tertiary/aromatic N) is 1.